The van der Waals surface area contributed by atoms with Crippen LogP contribution < -0.4 is 5.32 Å². The van der Waals surface area contributed by atoms with Crippen molar-refractivity contribution in [3.8, 4) is 0 Å². The van der Waals surface area contributed by atoms with Crippen molar-refractivity contribution < 1.29 is 27.5 Å². The van der Waals surface area contributed by atoms with E-state index in [-0.39, 0.29) is 23.5 Å². The summed E-state index contributed by atoms with van der Waals surface area (Å²) in [4.78, 5) is 24.8. The minimum Gasteiger partial charge on any atom is -0.449 e. The van der Waals surface area contributed by atoms with Crippen molar-refractivity contribution in [3.05, 3.63) is 58.1 Å². The fourth-order valence-corrected chi connectivity index (χ4v) is 4.85. The Morgan fingerprint density at radius 3 is 2.39 bits per heavy atom. The standard InChI is InChI=1S/C20H20Cl2N2O6S/c1-13(19(25)23-17-11-15(21)10-16(22)12-17)30-20(26)14-3-2-4-18(9-14)31(27,28)24-5-7-29-8-6-24/h2-4,9-13H,5-8H2,1H3,(H,23,25). The molecule has 0 aliphatic carbocycles. The number of carbonyl (C=O) groups is 2. The molecule has 1 aliphatic rings. The molecule has 0 bridgehead atoms. The second-order valence-electron chi connectivity index (χ2n) is 6.74. The first-order valence-corrected chi connectivity index (χ1v) is 11.5. The van der Waals surface area contributed by atoms with Crippen LogP contribution in [0.25, 0.3) is 0 Å². The van der Waals surface area contributed by atoms with Crippen LogP contribution in [-0.4, -0.2) is 57.0 Å². The Morgan fingerprint density at radius 1 is 1.10 bits per heavy atom. The zero-order valence-electron chi connectivity index (χ0n) is 16.5. The number of anilines is 1. The molecule has 31 heavy (non-hydrogen) atoms. The van der Waals surface area contributed by atoms with Gasteiger partial charge in [0.05, 0.1) is 23.7 Å². The summed E-state index contributed by atoms with van der Waals surface area (Å²) in [5.74, 6) is -1.42. The molecule has 3 rings (SSSR count). The van der Waals surface area contributed by atoms with Crippen molar-refractivity contribution in [2.75, 3.05) is 31.6 Å². The molecule has 0 aromatic heterocycles. The lowest BCUT2D eigenvalue weighted by atomic mass is 10.2. The number of hydrogen-bond donors (Lipinski definition) is 1. The summed E-state index contributed by atoms with van der Waals surface area (Å²) >= 11 is 11.8. The van der Waals surface area contributed by atoms with E-state index >= 15 is 0 Å². The van der Waals surface area contributed by atoms with Crippen LogP contribution in [0.15, 0.2) is 47.4 Å². The molecule has 166 valence electrons. The summed E-state index contributed by atoms with van der Waals surface area (Å²) in [7, 11) is -3.77. The fourth-order valence-electron chi connectivity index (χ4n) is 2.87. The monoisotopic (exact) mass is 486 g/mol. The minimum absolute atomic E-state index is 0.0137. The van der Waals surface area contributed by atoms with E-state index in [9.17, 15) is 18.0 Å². The average Bonchev–Trinajstić information content (AvgIpc) is 2.73. The molecule has 1 amide bonds. The number of benzene rings is 2. The molecule has 11 heteroatoms. The number of ether oxygens (including phenoxy) is 2. The van der Waals surface area contributed by atoms with Crippen molar-refractivity contribution in [2.24, 2.45) is 0 Å². The minimum atomic E-state index is -3.77. The fraction of sp³-hybridized carbons (Fsp3) is 0.300. The van der Waals surface area contributed by atoms with Gasteiger partial charge < -0.3 is 14.8 Å². The number of amides is 1. The van der Waals surface area contributed by atoms with Gasteiger partial charge in [-0.3, -0.25) is 4.79 Å². The van der Waals surface area contributed by atoms with Crippen LogP contribution in [0, 0.1) is 0 Å². The van der Waals surface area contributed by atoms with Crippen molar-refractivity contribution >= 4 is 50.8 Å². The molecule has 1 heterocycles. The van der Waals surface area contributed by atoms with Crippen molar-refractivity contribution in [3.63, 3.8) is 0 Å². The molecular formula is C20H20Cl2N2O6S. The van der Waals surface area contributed by atoms with Gasteiger partial charge in [0.2, 0.25) is 10.0 Å². The maximum atomic E-state index is 12.8. The summed E-state index contributed by atoms with van der Waals surface area (Å²) < 4.78 is 37.2. The first kappa shape index (κ1) is 23.5. The Labute approximate surface area is 190 Å². The predicted octanol–water partition coefficient (Wildman–Crippen LogP) is 3.20. The van der Waals surface area contributed by atoms with E-state index in [1.807, 2.05) is 0 Å². The second-order valence-corrected chi connectivity index (χ2v) is 9.55. The Kier molecular flexibility index (Phi) is 7.55. The highest BCUT2D eigenvalue weighted by Crippen LogP contribution is 2.23. The first-order valence-electron chi connectivity index (χ1n) is 9.33. The van der Waals surface area contributed by atoms with Crippen LogP contribution in [0.4, 0.5) is 5.69 Å². The van der Waals surface area contributed by atoms with Crippen molar-refractivity contribution in [2.45, 2.75) is 17.9 Å². The lowest BCUT2D eigenvalue weighted by Crippen LogP contribution is -2.40. The van der Waals surface area contributed by atoms with Gasteiger partial charge in [0.25, 0.3) is 5.91 Å². The molecule has 8 nitrogen and oxygen atoms in total. The highest BCUT2D eigenvalue weighted by Gasteiger charge is 2.27. The van der Waals surface area contributed by atoms with E-state index in [4.69, 9.17) is 32.7 Å². The van der Waals surface area contributed by atoms with Gasteiger partial charge in [-0.1, -0.05) is 29.3 Å². The third-order valence-corrected chi connectivity index (χ3v) is 6.79. The zero-order chi connectivity index (χ0) is 22.6. The van der Waals surface area contributed by atoms with Gasteiger partial charge in [-0.15, -0.1) is 0 Å². The summed E-state index contributed by atoms with van der Waals surface area (Å²) in [6, 6.07) is 10.0. The third kappa shape index (κ3) is 5.96. The Bertz CT molecular complexity index is 1070. The Hall–Kier alpha value is -2.17. The zero-order valence-corrected chi connectivity index (χ0v) is 18.8. The summed E-state index contributed by atoms with van der Waals surface area (Å²) in [5.41, 5.74) is 0.365. The highest BCUT2D eigenvalue weighted by molar-refractivity contribution is 7.89. The Balaban J connectivity index is 1.68. The molecule has 2 aromatic carbocycles. The number of sulfonamides is 1. The maximum absolute atomic E-state index is 12.8. The topological polar surface area (TPSA) is 102 Å². The molecule has 0 radical (unpaired) electrons. The van der Waals surface area contributed by atoms with Crippen molar-refractivity contribution in [1.82, 2.24) is 4.31 Å². The molecule has 1 unspecified atom stereocenters. The number of nitrogens with zero attached hydrogens (tertiary/aromatic N) is 1. The molecule has 1 fully saturated rings. The van der Waals surface area contributed by atoms with E-state index in [1.54, 1.807) is 0 Å². The number of nitrogens with one attached hydrogen (secondary N) is 1. The van der Waals surface area contributed by atoms with Gasteiger partial charge in [0.15, 0.2) is 6.10 Å². The smallest absolute Gasteiger partial charge is 0.338 e. The second kappa shape index (κ2) is 9.97. The normalized spacial score (nSPS) is 15.8. The van der Waals surface area contributed by atoms with Crippen molar-refractivity contribution in [1.29, 1.82) is 0 Å². The van der Waals surface area contributed by atoms with Crippen LogP contribution >= 0.6 is 23.2 Å². The summed E-state index contributed by atoms with van der Waals surface area (Å²) in [6.07, 6.45) is -1.15. The number of esters is 1. The van der Waals surface area contributed by atoms with E-state index in [2.05, 4.69) is 5.32 Å². The van der Waals surface area contributed by atoms with Crippen LogP contribution in [0.3, 0.4) is 0 Å². The van der Waals surface area contributed by atoms with E-state index in [1.165, 1.54) is 53.7 Å². The third-order valence-electron chi connectivity index (χ3n) is 4.46. The predicted molar refractivity (Wildman–Crippen MR) is 116 cm³/mol. The van der Waals surface area contributed by atoms with E-state index in [0.717, 1.165) is 0 Å². The SMILES string of the molecule is CC(OC(=O)c1cccc(S(=O)(=O)N2CCOCC2)c1)C(=O)Nc1cc(Cl)cc(Cl)c1. The molecule has 1 N–H and O–H groups in total. The molecule has 0 saturated carbocycles. The molecule has 1 atom stereocenters. The van der Waals surface area contributed by atoms with Gasteiger partial charge in [-0.25, -0.2) is 13.2 Å². The molecule has 2 aromatic rings. The number of hydrogen-bond acceptors (Lipinski definition) is 6. The molecular weight excluding hydrogens is 467 g/mol. The number of rotatable bonds is 6. The molecule has 0 spiro atoms. The Morgan fingerprint density at radius 2 is 1.74 bits per heavy atom. The molecule has 1 saturated heterocycles. The van der Waals surface area contributed by atoms with Gasteiger partial charge in [0, 0.05) is 28.8 Å². The lowest BCUT2D eigenvalue weighted by Gasteiger charge is -2.26. The van der Waals surface area contributed by atoms with E-state index in [0.29, 0.717) is 28.9 Å². The number of carbonyl (C=O) groups excluding carboxylic acids is 2. The summed E-state index contributed by atoms with van der Waals surface area (Å²) in [6.45, 7) is 2.49. The van der Waals surface area contributed by atoms with Crippen LogP contribution in [0.2, 0.25) is 10.0 Å². The maximum Gasteiger partial charge on any atom is 0.338 e. The van der Waals surface area contributed by atoms with Gasteiger partial charge >= 0.3 is 5.97 Å². The van der Waals surface area contributed by atoms with Crippen LogP contribution in [0.5, 0.6) is 0 Å². The number of morpholine rings is 1. The van der Waals surface area contributed by atoms with Gasteiger partial charge in [-0.05, 0) is 43.3 Å². The lowest BCUT2D eigenvalue weighted by molar-refractivity contribution is -0.123. The largest absolute Gasteiger partial charge is 0.449 e. The first-order chi connectivity index (χ1) is 14.7. The average molecular weight is 487 g/mol. The quantitative estimate of drug-likeness (QED) is 0.628. The van der Waals surface area contributed by atoms with Gasteiger partial charge in [0.1, 0.15) is 0 Å². The number of halogens is 2. The van der Waals surface area contributed by atoms with Gasteiger partial charge in [-0.2, -0.15) is 4.31 Å². The highest BCUT2D eigenvalue weighted by atomic mass is 35.5. The van der Waals surface area contributed by atoms with Crippen LogP contribution in [0.1, 0.15) is 17.3 Å². The van der Waals surface area contributed by atoms with E-state index < -0.39 is 28.0 Å². The summed E-state index contributed by atoms with van der Waals surface area (Å²) in [5, 5.41) is 3.24. The molecule has 1 aliphatic heterocycles. The van der Waals surface area contributed by atoms with Crippen LogP contribution in [-0.2, 0) is 24.3 Å².